The van der Waals surface area contributed by atoms with Gasteiger partial charge in [0.15, 0.2) is 5.69 Å². The molecule has 1 N–H and O–H groups in total. The van der Waals surface area contributed by atoms with E-state index in [1.807, 2.05) is 53.5 Å². The Morgan fingerprint density at radius 2 is 2.13 bits per heavy atom. The summed E-state index contributed by atoms with van der Waals surface area (Å²) < 4.78 is 3.82. The van der Waals surface area contributed by atoms with Gasteiger partial charge in [-0.3, -0.25) is 9.48 Å². The van der Waals surface area contributed by atoms with E-state index in [2.05, 4.69) is 29.2 Å². The second-order valence-electron chi connectivity index (χ2n) is 5.89. The van der Waals surface area contributed by atoms with Gasteiger partial charge in [0.2, 0.25) is 0 Å². The van der Waals surface area contributed by atoms with Gasteiger partial charge in [-0.25, -0.2) is 4.98 Å². The Hall–Kier alpha value is -2.63. The largest absolute Gasteiger partial charge is 0.320 e. The zero-order valence-electron chi connectivity index (χ0n) is 13.9. The van der Waals surface area contributed by atoms with Crippen LogP contribution in [0.25, 0.3) is 5.65 Å². The van der Waals surface area contributed by atoms with Gasteiger partial charge in [0, 0.05) is 35.9 Å². The molecule has 0 bridgehead atoms. The van der Waals surface area contributed by atoms with E-state index >= 15 is 0 Å². The lowest BCUT2D eigenvalue weighted by molar-refractivity contribution is 0.102. The topological polar surface area (TPSA) is 64.2 Å². The number of amides is 1. The number of hydrogen-bond acceptors (Lipinski definition) is 3. The Bertz CT molecular complexity index is 861. The van der Waals surface area contributed by atoms with E-state index in [-0.39, 0.29) is 11.9 Å². The van der Waals surface area contributed by atoms with E-state index in [9.17, 15) is 4.79 Å². The van der Waals surface area contributed by atoms with Gasteiger partial charge < -0.3 is 9.72 Å². The number of carbonyl (C=O) groups is 1. The highest BCUT2D eigenvalue weighted by molar-refractivity contribution is 6.03. The maximum absolute atomic E-state index is 12.4. The van der Waals surface area contributed by atoms with Crippen LogP contribution in [0.1, 0.15) is 48.2 Å². The van der Waals surface area contributed by atoms with Crippen molar-refractivity contribution >= 4 is 17.2 Å². The van der Waals surface area contributed by atoms with E-state index < -0.39 is 0 Å². The Kier molecular flexibility index (Phi) is 3.90. The Labute approximate surface area is 135 Å². The van der Waals surface area contributed by atoms with Crippen LogP contribution in [0.15, 0.2) is 30.6 Å². The lowest BCUT2D eigenvalue weighted by atomic mass is 10.2. The summed E-state index contributed by atoms with van der Waals surface area (Å²) in [6.45, 7) is 8.11. The number of carbonyl (C=O) groups excluding carboxylic acids is 1. The van der Waals surface area contributed by atoms with Crippen LogP contribution >= 0.6 is 0 Å². The number of aryl methyl sites for hydroxylation is 2. The zero-order valence-corrected chi connectivity index (χ0v) is 13.9. The minimum absolute atomic E-state index is 0.206. The average Bonchev–Trinajstić information content (AvgIpc) is 3.08. The van der Waals surface area contributed by atoms with Gasteiger partial charge in [-0.15, -0.1) is 0 Å². The SMILES string of the molecule is CCC(C)n1nc(C(=O)Nc2ccn3cc(C)nc3c2)cc1C. The summed E-state index contributed by atoms with van der Waals surface area (Å²) in [6, 6.07) is 5.80. The van der Waals surface area contributed by atoms with Crippen LogP contribution in [-0.4, -0.2) is 25.1 Å². The molecule has 0 aliphatic carbocycles. The number of rotatable bonds is 4. The predicted molar refractivity (Wildman–Crippen MR) is 89.8 cm³/mol. The third kappa shape index (κ3) is 2.97. The second kappa shape index (κ2) is 5.87. The summed E-state index contributed by atoms with van der Waals surface area (Å²) in [4.78, 5) is 16.8. The smallest absolute Gasteiger partial charge is 0.276 e. The number of nitrogens with zero attached hydrogens (tertiary/aromatic N) is 4. The monoisotopic (exact) mass is 311 g/mol. The summed E-state index contributed by atoms with van der Waals surface area (Å²) in [5.41, 5.74) is 3.88. The van der Waals surface area contributed by atoms with E-state index in [4.69, 9.17) is 0 Å². The molecular weight excluding hydrogens is 290 g/mol. The molecule has 1 unspecified atom stereocenters. The summed E-state index contributed by atoms with van der Waals surface area (Å²) in [5.74, 6) is -0.206. The first-order valence-electron chi connectivity index (χ1n) is 7.80. The lowest BCUT2D eigenvalue weighted by Crippen LogP contribution is -2.14. The van der Waals surface area contributed by atoms with Gasteiger partial charge in [-0.2, -0.15) is 5.10 Å². The van der Waals surface area contributed by atoms with Gasteiger partial charge in [0.05, 0.1) is 5.69 Å². The van der Waals surface area contributed by atoms with Gasteiger partial charge >= 0.3 is 0 Å². The fourth-order valence-corrected chi connectivity index (χ4v) is 2.60. The third-order valence-corrected chi connectivity index (χ3v) is 4.00. The quantitative estimate of drug-likeness (QED) is 0.803. The predicted octanol–water partition coefficient (Wildman–Crippen LogP) is 3.37. The number of fused-ring (bicyclic) bond motifs is 1. The number of nitrogens with one attached hydrogen (secondary N) is 1. The van der Waals surface area contributed by atoms with Crippen LogP contribution in [0.3, 0.4) is 0 Å². The van der Waals surface area contributed by atoms with E-state index in [0.29, 0.717) is 11.4 Å². The second-order valence-corrected chi connectivity index (χ2v) is 5.89. The highest BCUT2D eigenvalue weighted by Gasteiger charge is 2.15. The van der Waals surface area contributed by atoms with Gasteiger partial charge in [0.25, 0.3) is 5.91 Å². The summed E-state index contributed by atoms with van der Waals surface area (Å²) in [6.07, 6.45) is 4.80. The maximum Gasteiger partial charge on any atom is 0.276 e. The normalized spacial score (nSPS) is 12.5. The molecule has 0 aliphatic rings. The molecule has 0 saturated carbocycles. The lowest BCUT2D eigenvalue weighted by Gasteiger charge is -2.10. The van der Waals surface area contributed by atoms with E-state index in [0.717, 1.165) is 23.5 Å². The molecule has 1 atom stereocenters. The number of pyridine rings is 1. The van der Waals surface area contributed by atoms with Crippen LogP contribution in [0.4, 0.5) is 5.69 Å². The molecule has 0 fully saturated rings. The van der Waals surface area contributed by atoms with Gasteiger partial charge in [-0.1, -0.05) is 6.92 Å². The molecule has 3 rings (SSSR count). The van der Waals surface area contributed by atoms with Crippen molar-refractivity contribution in [2.75, 3.05) is 5.32 Å². The Balaban J connectivity index is 1.82. The van der Waals surface area contributed by atoms with Crippen molar-refractivity contribution in [3.8, 4) is 0 Å². The number of anilines is 1. The standard InChI is InChI=1S/C17H21N5O/c1-5-12(3)22-13(4)8-15(20-22)17(23)19-14-6-7-21-10-11(2)18-16(21)9-14/h6-10,12H,5H2,1-4H3,(H,19,23). The molecule has 0 spiro atoms. The minimum atomic E-state index is -0.206. The highest BCUT2D eigenvalue weighted by atomic mass is 16.1. The molecule has 0 radical (unpaired) electrons. The van der Waals surface area contributed by atoms with Crippen LogP contribution in [0, 0.1) is 13.8 Å². The summed E-state index contributed by atoms with van der Waals surface area (Å²) >= 11 is 0. The fourth-order valence-electron chi connectivity index (χ4n) is 2.60. The molecule has 0 aromatic carbocycles. The number of imidazole rings is 1. The van der Waals surface area contributed by atoms with Crippen molar-refractivity contribution in [2.45, 2.75) is 40.2 Å². The Morgan fingerprint density at radius 3 is 2.87 bits per heavy atom. The van der Waals surface area contributed by atoms with E-state index in [1.54, 1.807) is 0 Å². The molecule has 120 valence electrons. The van der Waals surface area contributed by atoms with E-state index in [1.165, 1.54) is 0 Å². The highest BCUT2D eigenvalue weighted by Crippen LogP contribution is 2.16. The van der Waals surface area contributed by atoms with Crippen molar-refractivity contribution in [1.82, 2.24) is 19.2 Å². The zero-order chi connectivity index (χ0) is 16.6. The van der Waals surface area contributed by atoms with Crippen molar-refractivity contribution in [3.63, 3.8) is 0 Å². The maximum atomic E-state index is 12.4. The summed E-state index contributed by atoms with van der Waals surface area (Å²) in [5, 5.41) is 7.32. The third-order valence-electron chi connectivity index (χ3n) is 4.00. The molecule has 6 nitrogen and oxygen atoms in total. The Morgan fingerprint density at radius 1 is 1.35 bits per heavy atom. The van der Waals surface area contributed by atoms with Gasteiger partial charge in [-0.05, 0) is 39.3 Å². The van der Waals surface area contributed by atoms with Crippen molar-refractivity contribution in [2.24, 2.45) is 0 Å². The van der Waals surface area contributed by atoms with Crippen molar-refractivity contribution in [1.29, 1.82) is 0 Å². The first kappa shape index (κ1) is 15.3. The number of hydrogen-bond donors (Lipinski definition) is 1. The first-order valence-corrected chi connectivity index (χ1v) is 7.80. The first-order chi connectivity index (χ1) is 11.0. The molecule has 0 aliphatic heterocycles. The average molecular weight is 311 g/mol. The van der Waals surface area contributed by atoms with Crippen LogP contribution in [0.2, 0.25) is 0 Å². The van der Waals surface area contributed by atoms with Crippen LogP contribution < -0.4 is 5.32 Å². The molecule has 1 amide bonds. The van der Waals surface area contributed by atoms with Gasteiger partial charge in [0.1, 0.15) is 5.65 Å². The molecule has 3 heterocycles. The minimum Gasteiger partial charge on any atom is -0.320 e. The van der Waals surface area contributed by atoms with Crippen LogP contribution in [0.5, 0.6) is 0 Å². The fraction of sp³-hybridized carbons (Fsp3) is 0.353. The molecular formula is C17H21N5O. The number of aromatic nitrogens is 4. The molecule has 3 aromatic heterocycles. The van der Waals surface area contributed by atoms with Crippen molar-refractivity contribution < 1.29 is 4.79 Å². The van der Waals surface area contributed by atoms with Crippen LogP contribution in [-0.2, 0) is 0 Å². The molecule has 0 saturated heterocycles. The molecule has 23 heavy (non-hydrogen) atoms. The summed E-state index contributed by atoms with van der Waals surface area (Å²) in [7, 11) is 0. The molecule has 3 aromatic rings. The molecule has 6 heteroatoms. The van der Waals surface area contributed by atoms with Crippen molar-refractivity contribution in [3.05, 3.63) is 47.7 Å².